The summed E-state index contributed by atoms with van der Waals surface area (Å²) in [5.74, 6) is -0.350. The van der Waals surface area contributed by atoms with Crippen LogP contribution in [0.3, 0.4) is 0 Å². The Kier molecular flexibility index (Phi) is 5.35. The number of hydrogen-bond acceptors (Lipinski definition) is 3. The van der Waals surface area contributed by atoms with Gasteiger partial charge in [-0.1, -0.05) is 46.3 Å². The largest absolute Gasteiger partial charge is 0.468 e. The normalized spacial score (nSPS) is 16.1. The molecule has 1 aromatic rings. The summed E-state index contributed by atoms with van der Waals surface area (Å²) in [4.78, 5) is 11.9. The second-order valence-corrected chi connectivity index (χ2v) is 6.19. The van der Waals surface area contributed by atoms with Crippen molar-refractivity contribution < 1.29 is 14.3 Å². The molecule has 0 saturated carbocycles. The van der Waals surface area contributed by atoms with Crippen LogP contribution in [0.5, 0.6) is 0 Å². The molecule has 0 aliphatic rings. The minimum atomic E-state index is -0.909. The molecule has 0 spiro atoms. The van der Waals surface area contributed by atoms with Crippen LogP contribution in [0.15, 0.2) is 30.3 Å². The number of rotatable bonds is 5. The van der Waals surface area contributed by atoms with Crippen molar-refractivity contribution in [2.75, 3.05) is 7.11 Å². The van der Waals surface area contributed by atoms with Gasteiger partial charge in [0.2, 0.25) is 0 Å². The van der Waals surface area contributed by atoms with E-state index in [1.807, 2.05) is 44.2 Å². The maximum atomic E-state index is 11.9. The van der Waals surface area contributed by atoms with E-state index in [9.17, 15) is 4.79 Å². The number of carbonyl (C=O) groups excluding carboxylic acids is 1. The summed E-state index contributed by atoms with van der Waals surface area (Å²) >= 11 is 3.44. The quantitative estimate of drug-likeness (QED) is 0.616. The molecule has 0 heterocycles. The Labute approximate surface area is 117 Å². The Bertz CT molecular complexity index is 387. The third-order valence-electron chi connectivity index (χ3n) is 2.59. The first-order valence-electron chi connectivity index (χ1n) is 5.87. The van der Waals surface area contributed by atoms with Crippen LogP contribution >= 0.6 is 15.9 Å². The zero-order valence-corrected chi connectivity index (χ0v) is 12.7. The SMILES string of the molecule is COC(=O)[C@@](C)(Br)[C@@H](OC(C)C)c1ccccc1. The highest BCUT2D eigenvalue weighted by molar-refractivity contribution is 9.10. The first kappa shape index (κ1) is 15.2. The second-order valence-electron chi connectivity index (χ2n) is 4.54. The zero-order chi connectivity index (χ0) is 13.8. The fourth-order valence-corrected chi connectivity index (χ4v) is 2.26. The molecule has 0 aliphatic carbocycles. The van der Waals surface area contributed by atoms with Crippen molar-refractivity contribution in [2.45, 2.75) is 37.3 Å². The maximum Gasteiger partial charge on any atom is 0.325 e. The van der Waals surface area contributed by atoms with Gasteiger partial charge < -0.3 is 9.47 Å². The molecule has 3 nitrogen and oxygen atoms in total. The molecule has 2 atom stereocenters. The predicted molar refractivity (Wildman–Crippen MR) is 74.8 cm³/mol. The van der Waals surface area contributed by atoms with Crippen LogP contribution in [0.25, 0.3) is 0 Å². The summed E-state index contributed by atoms with van der Waals surface area (Å²) in [5.41, 5.74) is 0.941. The number of alkyl halides is 1. The number of benzene rings is 1. The lowest BCUT2D eigenvalue weighted by atomic mass is 9.97. The van der Waals surface area contributed by atoms with Crippen LogP contribution in [0.2, 0.25) is 0 Å². The van der Waals surface area contributed by atoms with Crippen LogP contribution in [-0.2, 0) is 14.3 Å². The van der Waals surface area contributed by atoms with Gasteiger partial charge in [0, 0.05) is 0 Å². The first-order valence-corrected chi connectivity index (χ1v) is 6.66. The van der Waals surface area contributed by atoms with E-state index in [1.165, 1.54) is 7.11 Å². The molecule has 18 heavy (non-hydrogen) atoms. The molecule has 0 unspecified atom stereocenters. The van der Waals surface area contributed by atoms with Crippen molar-refractivity contribution in [3.8, 4) is 0 Å². The van der Waals surface area contributed by atoms with Crippen LogP contribution < -0.4 is 0 Å². The summed E-state index contributed by atoms with van der Waals surface area (Å²) < 4.78 is 9.80. The van der Waals surface area contributed by atoms with Crippen molar-refractivity contribution in [1.29, 1.82) is 0 Å². The summed E-state index contributed by atoms with van der Waals surface area (Å²) in [6, 6.07) is 9.66. The Balaban J connectivity index is 3.10. The maximum absolute atomic E-state index is 11.9. The molecule has 1 rings (SSSR count). The highest BCUT2D eigenvalue weighted by Crippen LogP contribution is 2.38. The number of ether oxygens (including phenoxy) is 2. The number of halogens is 1. The van der Waals surface area contributed by atoms with Crippen molar-refractivity contribution in [3.05, 3.63) is 35.9 Å². The number of methoxy groups -OCH3 is 1. The molecule has 4 heteroatoms. The molecular weight excluding hydrogens is 296 g/mol. The van der Waals surface area contributed by atoms with E-state index in [-0.39, 0.29) is 12.1 Å². The third kappa shape index (κ3) is 3.56. The van der Waals surface area contributed by atoms with Gasteiger partial charge in [-0.3, -0.25) is 4.79 Å². The zero-order valence-electron chi connectivity index (χ0n) is 11.1. The fraction of sp³-hybridized carbons (Fsp3) is 0.500. The van der Waals surface area contributed by atoms with Crippen molar-refractivity contribution in [2.24, 2.45) is 0 Å². The average molecular weight is 315 g/mol. The molecule has 0 N–H and O–H groups in total. The van der Waals surface area contributed by atoms with Gasteiger partial charge in [0.25, 0.3) is 0 Å². The minimum absolute atomic E-state index is 0.0109. The molecule has 0 bridgehead atoms. The monoisotopic (exact) mass is 314 g/mol. The van der Waals surface area contributed by atoms with E-state index >= 15 is 0 Å². The van der Waals surface area contributed by atoms with Gasteiger partial charge in [-0.05, 0) is 26.3 Å². The van der Waals surface area contributed by atoms with Gasteiger partial charge in [0.05, 0.1) is 13.2 Å². The Morgan fingerprint density at radius 2 is 1.83 bits per heavy atom. The topological polar surface area (TPSA) is 35.5 Å². The van der Waals surface area contributed by atoms with E-state index in [2.05, 4.69) is 15.9 Å². The minimum Gasteiger partial charge on any atom is -0.468 e. The highest BCUT2D eigenvalue weighted by atomic mass is 79.9. The fourth-order valence-electron chi connectivity index (χ4n) is 1.73. The van der Waals surface area contributed by atoms with E-state index in [0.717, 1.165) is 5.56 Å². The lowest BCUT2D eigenvalue weighted by Crippen LogP contribution is -2.39. The highest BCUT2D eigenvalue weighted by Gasteiger charge is 2.42. The molecule has 0 aliphatic heterocycles. The Hall–Kier alpha value is -0.870. The average Bonchev–Trinajstić information content (AvgIpc) is 2.35. The first-order chi connectivity index (χ1) is 8.39. The Morgan fingerprint density at radius 3 is 2.28 bits per heavy atom. The van der Waals surface area contributed by atoms with Crippen molar-refractivity contribution >= 4 is 21.9 Å². The molecule has 0 radical (unpaired) electrons. The van der Waals surface area contributed by atoms with Gasteiger partial charge in [0.15, 0.2) is 4.32 Å². The Morgan fingerprint density at radius 1 is 1.28 bits per heavy atom. The molecule has 0 fully saturated rings. The van der Waals surface area contributed by atoms with Gasteiger partial charge in [-0.2, -0.15) is 0 Å². The van der Waals surface area contributed by atoms with E-state index in [1.54, 1.807) is 6.92 Å². The van der Waals surface area contributed by atoms with E-state index in [4.69, 9.17) is 9.47 Å². The molecule has 0 saturated heterocycles. The van der Waals surface area contributed by atoms with Crippen LogP contribution in [-0.4, -0.2) is 23.5 Å². The lowest BCUT2D eigenvalue weighted by Gasteiger charge is -2.31. The molecule has 0 amide bonds. The van der Waals surface area contributed by atoms with Gasteiger partial charge in [-0.25, -0.2) is 0 Å². The molecule has 1 aromatic carbocycles. The van der Waals surface area contributed by atoms with Crippen LogP contribution in [0.1, 0.15) is 32.4 Å². The summed E-state index contributed by atoms with van der Waals surface area (Å²) in [5, 5.41) is 0. The van der Waals surface area contributed by atoms with E-state index in [0.29, 0.717) is 0 Å². The molecular formula is C14H19BrO3. The number of hydrogen-bond donors (Lipinski definition) is 0. The lowest BCUT2D eigenvalue weighted by molar-refractivity contribution is -0.148. The van der Waals surface area contributed by atoms with Gasteiger partial charge >= 0.3 is 5.97 Å². The molecule has 100 valence electrons. The molecule has 0 aromatic heterocycles. The van der Waals surface area contributed by atoms with Crippen LogP contribution in [0, 0.1) is 0 Å². The van der Waals surface area contributed by atoms with E-state index < -0.39 is 10.4 Å². The summed E-state index contributed by atoms with van der Waals surface area (Å²) in [6.07, 6.45) is -0.386. The number of carbonyl (C=O) groups is 1. The summed E-state index contributed by atoms with van der Waals surface area (Å²) in [6.45, 7) is 5.64. The summed E-state index contributed by atoms with van der Waals surface area (Å²) in [7, 11) is 1.37. The van der Waals surface area contributed by atoms with Gasteiger partial charge in [0.1, 0.15) is 6.10 Å². The third-order valence-corrected chi connectivity index (χ3v) is 3.33. The standard InChI is InChI=1S/C14H19BrO3/c1-10(2)18-12(11-8-6-5-7-9-11)14(3,15)13(16)17-4/h5-10,12H,1-4H3/t12-,14-/m0/s1. The second kappa shape index (κ2) is 6.34. The predicted octanol–water partition coefficient (Wildman–Crippen LogP) is 3.48. The smallest absolute Gasteiger partial charge is 0.325 e. The van der Waals surface area contributed by atoms with Gasteiger partial charge in [-0.15, -0.1) is 0 Å². The van der Waals surface area contributed by atoms with Crippen molar-refractivity contribution in [1.82, 2.24) is 0 Å². The van der Waals surface area contributed by atoms with Crippen molar-refractivity contribution in [3.63, 3.8) is 0 Å². The number of esters is 1. The van der Waals surface area contributed by atoms with Crippen LogP contribution in [0.4, 0.5) is 0 Å².